The number of nitrogens with one attached hydrogen (secondary N) is 1. The molecule has 146 valence electrons. The molecule has 0 aliphatic rings. The zero-order valence-electron chi connectivity index (χ0n) is 14.2. The second-order valence-corrected chi connectivity index (χ2v) is 6.38. The Morgan fingerprint density at radius 2 is 2.04 bits per heavy atom. The number of hydrogen-bond donors (Lipinski definition) is 1. The molecule has 0 radical (unpaired) electrons. The molecular formula is C17H12F3N3O4S. The number of ketones is 1. The number of aromatic nitrogens is 2. The zero-order chi connectivity index (χ0) is 20.3. The standard InChI is InChI=1S/C17H12F3N3O4S/c1-9(24)5-14-21-16(28-23-14)22-15(25)13-7-11(8-26-13)10-3-2-4-12(6-10)27-17(18,19)20/h2-4,6-8H,5H2,1H3,(H,21,22,23,25). The fourth-order valence-corrected chi connectivity index (χ4v) is 2.82. The van der Waals surface area contributed by atoms with Crippen molar-refractivity contribution in [3.05, 3.63) is 48.2 Å². The van der Waals surface area contributed by atoms with E-state index in [0.29, 0.717) is 17.0 Å². The van der Waals surface area contributed by atoms with Crippen LogP contribution in [0.25, 0.3) is 11.1 Å². The van der Waals surface area contributed by atoms with Gasteiger partial charge in [0.1, 0.15) is 11.5 Å². The molecule has 3 rings (SSSR count). The maximum atomic E-state index is 12.3. The van der Waals surface area contributed by atoms with Crippen molar-refractivity contribution in [2.75, 3.05) is 5.32 Å². The first-order valence-electron chi connectivity index (χ1n) is 7.78. The van der Waals surface area contributed by atoms with E-state index in [0.717, 1.165) is 11.5 Å². The van der Waals surface area contributed by atoms with Gasteiger partial charge in [0.05, 0.1) is 12.7 Å². The van der Waals surface area contributed by atoms with Gasteiger partial charge in [-0.15, -0.1) is 13.2 Å². The number of anilines is 1. The van der Waals surface area contributed by atoms with E-state index in [9.17, 15) is 22.8 Å². The minimum absolute atomic E-state index is 0.0631. The fraction of sp³-hybridized carbons (Fsp3) is 0.176. The summed E-state index contributed by atoms with van der Waals surface area (Å²) in [7, 11) is 0. The van der Waals surface area contributed by atoms with Crippen molar-refractivity contribution in [3.63, 3.8) is 0 Å². The van der Waals surface area contributed by atoms with Crippen LogP contribution in [0.5, 0.6) is 5.75 Å². The van der Waals surface area contributed by atoms with E-state index in [1.807, 2.05) is 0 Å². The summed E-state index contributed by atoms with van der Waals surface area (Å²) < 4.78 is 50.0. The lowest BCUT2D eigenvalue weighted by Gasteiger charge is -2.09. The van der Waals surface area contributed by atoms with Crippen LogP contribution in [-0.2, 0) is 11.2 Å². The largest absolute Gasteiger partial charge is 0.573 e. The van der Waals surface area contributed by atoms with E-state index in [1.54, 1.807) is 6.07 Å². The van der Waals surface area contributed by atoms with Gasteiger partial charge in [0.2, 0.25) is 5.13 Å². The van der Waals surface area contributed by atoms with Crippen LogP contribution in [0, 0.1) is 0 Å². The predicted molar refractivity (Wildman–Crippen MR) is 93.1 cm³/mol. The van der Waals surface area contributed by atoms with Gasteiger partial charge in [-0.1, -0.05) is 12.1 Å². The Hall–Kier alpha value is -3.21. The molecule has 0 unspecified atom stereocenters. The third-order valence-electron chi connectivity index (χ3n) is 3.32. The highest BCUT2D eigenvalue weighted by Crippen LogP contribution is 2.29. The Morgan fingerprint density at radius 3 is 2.75 bits per heavy atom. The molecule has 3 aromatic rings. The molecule has 0 aliphatic heterocycles. The molecule has 11 heteroatoms. The quantitative estimate of drug-likeness (QED) is 0.657. The average Bonchev–Trinajstić information content (AvgIpc) is 3.22. The smallest absolute Gasteiger partial charge is 0.459 e. The number of alkyl halides is 3. The van der Waals surface area contributed by atoms with E-state index in [2.05, 4.69) is 19.4 Å². The maximum absolute atomic E-state index is 12.3. The summed E-state index contributed by atoms with van der Waals surface area (Å²) >= 11 is 0.915. The lowest BCUT2D eigenvalue weighted by molar-refractivity contribution is -0.274. The molecule has 1 N–H and O–H groups in total. The van der Waals surface area contributed by atoms with Crippen LogP contribution in [0.3, 0.4) is 0 Å². The molecule has 0 aliphatic carbocycles. The summed E-state index contributed by atoms with van der Waals surface area (Å²) in [5, 5.41) is 2.68. The second-order valence-electron chi connectivity index (χ2n) is 5.62. The van der Waals surface area contributed by atoms with Crippen LogP contribution in [0.4, 0.5) is 18.3 Å². The molecule has 7 nitrogen and oxygen atoms in total. The Labute approximate surface area is 160 Å². The van der Waals surface area contributed by atoms with Gasteiger partial charge in [0.15, 0.2) is 11.6 Å². The second kappa shape index (κ2) is 7.80. The molecule has 0 fully saturated rings. The Kier molecular flexibility index (Phi) is 5.45. The van der Waals surface area contributed by atoms with Gasteiger partial charge >= 0.3 is 6.36 Å². The molecule has 0 saturated carbocycles. The van der Waals surface area contributed by atoms with Gasteiger partial charge in [-0.05, 0) is 30.7 Å². The third-order valence-corrected chi connectivity index (χ3v) is 3.99. The predicted octanol–water partition coefficient (Wildman–Crippen LogP) is 4.08. The summed E-state index contributed by atoms with van der Waals surface area (Å²) in [6, 6.07) is 6.66. The molecular weight excluding hydrogens is 399 g/mol. The molecule has 1 amide bonds. The van der Waals surface area contributed by atoms with Crippen molar-refractivity contribution in [1.29, 1.82) is 0 Å². The van der Waals surface area contributed by atoms with Crippen LogP contribution in [0.15, 0.2) is 41.0 Å². The minimum atomic E-state index is -4.80. The van der Waals surface area contributed by atoms with Crippen LogP contribution in [-0.4, -0.2) is 27.4 Å². The number of Topliss-reactive ketones (excluding diaryl/α,β-unsaturated/α-hetero) is 1. The molecule has 0 spiro atoms. The summed E-state index contributed by atoms with van der Waals surface area (Å²) in [6.45, 7) is 1.40. The highest BCUT2D eigenvalue weighted by Gasteiger charge is 2.31. The van der Waals surface area contributed by atoms with Gasteiger partial charge in [-0.3, -0.25) is 14.9 Å². The van der Waals surface area contributed by atoms with Gasteiger partial charge in [-0.25, -0.2) is 4.98 Å². The summed E-state index contributed by atoms with van der Waals surface area (Å²) in [6.07, 6.45) is -3.50. The third kappa shape index (κ3) is 5.16. The first-order valence-corrected chi connectivity index (χ1v) is 8.55. The average molecular weight is 411 g/mol. The van der Waals surface area contributed by atoms with E-state index in [4.69, 9.17) is 4.42 Å². The molecule has 28 heavy (non-hydrogen) atoms. The topological polar surface area (TPSA) is 94.3 Å². The summed E-state index contributed by atoms with van der Waals surface area (Å²) in [5.41, 5.74) is 0.775. The van der Waals surface area contributed by atoms with Gasteiger partial charge in [0.25, 0.3) is 5.91 Å². The summed E-state index contributed by atoms with van der Waals surface area (Å²) in [5.74, 6) is -0.874. The Bertz CT molecular complexity index is 1010. The van der Waals surface area contributed by atoms with Crippen molar-refractivity contribution < 1.29 is 31.9 Å². The lowest BCUT2D eigenvalue weighted by Crippen LogP contribution is -2.17. The first-order chi connectivity index (χ1) is 13.2. The number of carbonyl (C=O) groups is 2. The normalized spacial score (nSPS) is 11.3. The van der Waals surface area contributed by atoms with Gasteiger partial charge in [0, 0.05) is 17.1 Å². The van der Waals surface area contributed by atoms with E-state index < -0.39 is 12.3 Å². The molecule has 2 heterocycles. The van der Waals surface area contributed by atoms with E-state index in [-0.39, 0.29) is 28.8 Å². The summed E-state index contributed by atoms with van der Waals surface area (Å²) in [4.78, 5) is 27.3. The van der Waals surface area contributed by atoms with Crippen molar-refractivity contribution in [2.24, 2.45) is 0 Å². The number of carbonyl (C=O) groups excluding carboxylic acids is 2. The van der Waals surface area contributed by atoms with Crippen molar-refractivity contribution in [2.45, 2.75) is 19.7 Å². The highest BCUT2D eigenvalue weighted by atomic mass is 32.1. The zero-order valence-corrected chi connectivity index (χ0v) is 15.1. The number of nitrogens with zero attached hydrogens (tertiary/aromatic N) is 2. The maximum Gasteiger partial charge on any atom is 0.573 e. The first kappa shape index (κ1) is 19.5. The Balaban J connectivity index is 1.71. The van der Waals surface area contributed by atoms with E-state index in [1.165, 1.54) is 37.5 Å². The van der Waals surface area contributed by atoms with Crippen LogP contribution >= 0.6 is 11.5 Å². The monoisotopic (exact) mass is 411 g/mol. The molecule has 0 bridgehead atoms. The number of amides is 1. The van der Waals surface area contributed by atoms with E-state index >= 15 is 0 Å². The molecule has 0 saturated heterocycles. The number of halogens is 3. The number of benzene rings is 1. The number of furan rings is 1. The molecule has 2 aromatic heterocycles. The lowest BCUT2D eigenvalue weighted by atomic mass is 10.1. The van der Waals surface area contributed by atoms with Crippen molar-refractivity contribution >= 4 is 28.4 Å². The minimum Gasteiger partial charge on any atom is -0.459 e. The molecule has 1 aromatic carbocycles. The number of rotatable bonds is 6. The van der Waals surface area contributed by atoms with Crippen molar-refractivity contribution in [1.82, 2.24) is 9.36 Å². The molecule has 0 atom stereocenters. The highest BCUT2D eigenvalue weighted by molar-refractivity contribution is 7.09. The van der Waals surface area contributed by atoms with Crippen LogP contribution in [0.2, 0.25) is 0 Å². The van der Waals surface area contributed by atoms with Crippen LogP contribution in [0.1, 0.15) is 23.3 Å². The number of hydrogen-bond acceptors (Lipinski definition) is 7. The SMILES string of the molecule is CC(=O)Cc1nsc(NC(=O)c2cc(-c3cccc(OC(F)(F)F)c3)co2)n1. The fourth-order valence-electron chi connectivity index (χ4n) is 2.24. The van der Waals surface area contributed by atoms with Gasteiger partial charge in [-0.2, -0.15) is 4.37 Å². The van der Waals surface area contributed by atoms with Gasteiger partial charge < -0.3 is 9.15 Å². The number of ether oxygens (including phenoxy) is 1. The van der Waals surface area contributed by atoms with Crippen molar-refractivity contribution in [3.8, 4) is 16.9 Å². The van der Waals surface area contributed by atoms with Crippen LogP contribution < -0.4 is 10.1 Å². The Morgan fingerprint density at radius 1 is 1.25 bits per heavy atom.